The lowest BCUT2D eigenvalue weighted by atomic mass is 9.78. The summed E-state index contributed by atoms with van der Waals surface area (Å²) in [6, 6.07) is 16.3. The van der Waals surface area contributed by atoms with Gasteiger partial charge in [0.05, 0.1) is 29.5 Å². The van der Waals surface area contributed by atoms with Gasteiger partial charge in [-0.2, -0.15) is 5.26 Å². The molecule has 1 aliphatic heterocycles. The lowest BCUT2D eigenvalue weighted by Crippen LogP contribution is -2.44. The number of ether oxygens (including phenoxy) is 1. The van der Waals surface area contributed by atoms with Crippen LogP contribution >= 0.6 is 23.4 Å². The number of esters is 1. The highest BCUT2D eigenvalue weighted by Crippen LogP contribution is 2.42. The topological polar surface area (TPSA) is 108 Å². The molecule has 1 aliphatic rings. The molecule has 7 nitrogen and oxygen atoms in total. The van der Waals surface area contributed by atoms with Gasteiger partial charge in [-0.25, -0.2) is 0 Å². The van der Waals surface area contributed by atoms with Gasteiger partial charge in [0.15, 0.2) is 0 Å². The Balaban J connectivity index is 1.87. The normalized spacial score (nSPS) is 17.7. The predicted molar refractivity (Wildman–Crippen MR) is 127 cm³/mol. The van der Waals surface area contributed by atoms with Crippen LogP contribution in [0.15, 0.2) is 59.1 Å². The van der Waals surface area contributed by atoms with Crippen LogP contribution in [0.3, 0.4) is 0 Å². The Labute approximate surface area is 201 Å². The molecule has 0 unspecified atom stereocenters. The summed E-state index contributed by atoms with van der Waals surface area (Å²) in [5.74, 6) is -3.95. The van der Waals surface area contributed by atoms with E-state index in [2.05, 4.69) is 16.7 Å². The number of carbonyl (C=O) groups is 3. The number of nitrogens with one attached hydrogen (secondary N) is 2. The quantitative estimate of drug-likeness (QED) is 0.455. The van der Waals surface area contributed by atoms with E-state index in [1.165, 1.54) is 7.11 Å². The summed E-state index contributed by atoms with van der Waals surface area (Å²) in [7, 11) is 1.18. The van der Waals surface area contributed by atoms with Crippen LogP contribution in [0, 0.1) is 17.2 Å². The minimum atomic E-state index is -1.28. The SMILES string of the molecule is CCc1ccc(NC(=O)CSC2=C(C#N)[C@@H](c3ccccc3Cl)[C@H](C(=O)OC)C(=O)N2)cc1. The number of rotatable bonds is 7. The number of hydrogen-bond acceptors (Lipinski definition) is 6. The van der Waals surface area contributed by atoms with Crippen LogP contribution in [0.2, 0.25) is 5.02 Å². The maximum Gasteiger partial charge on any atom is 0.319 e. The van der Waals surface area contributed by atoms with Gasteiger partial charge in [0.2, 0.25) is 11.8 Å². The highest BCUT2D eigenvalue weighted by atomic mass is 35.5. The molecule has 0 bridgehead atoms. The van der Waals surface area contributed by atoms with Gasteiger partial charge in [0, 0.05) is 16.6 Å². The van der Waals surface area contributed by atoms with E-state index in [1.807, 2.05) is 31.2 Å². The van der Waals surface area contributed by atoms with Gasteiger partial charge in [0.25, 0.3) is 0 Å². The van der Waals surface area contributed by atoms with Crippen LogP contribution < -0.4 is 10.6 Å². The average molecular weight is 484 g/mol. The van der Waals surface area contributed by atoms with Crippen molar-refractivity contribution in [1.82, 2.24) is 5.32 Å². The third-order valence-corrected chi connectivity index (χ3v) is 6.58. The molecule has 0 radical (unpaired) electrons. The maximum absolute atomic E-state index is 12.8. The van der Waals surface area contributed by atoms with Crippen molar-refractivity contribution in [1.29, 1.82) is 5.26 Å². The number of amides is 2. The highest BCUT2D eigenvalue weighted by Gasteiger charge is 2.45. The van der Waals surface area contributed by atoms with E-state index in [0.29, 0.717) is 16.3 Å². The molecular formula is C24H22ClN3O4S. The van der Waals surface area contributed by atoms with E-state index in [0.717, 1.165) is 23.7 Å². The highest BCUT2D eigenvalue weighted by molar-refractivity contribution is 8.03. The average Bonchev–Trinajstić information content (AvgIpc) is 2.82. The molecule has 0 aliphatic carbocycles. The first-order chi connectivity index (χ1) is 15.9. The van der Waals surface area contributed by atoms with E-state index < -0.39 is 23.7 Å². The Hall–Kier alpha value is -3.28. The van der Waals surface area contributed by atoms with Gasteiger partial charge in [-0.05, 0) is 35.7 Å². The van der Waals surface area contributed by atoms with Crippen LogP contribution in [-0.4, -0.2) is 30.6 Å². The van der Waals surface area contributed by atoms with Gasteiger partial charge >= 0.3 is 5.97 Å². The number of anilines is 1. The number of carbonyl (C=O) groups excluding carboxylic acids is 3. The third kappa shape index (κ3) is 5.56. The van der Waals surface area contributed by atoms with Crippen molar-refractivity contribution in [3.63, 3.8) is 0 Å². The maximum atomic E-state index is 12.8. The predicted octanol–water partition coefficient (Wildman–Crippen LogP) is 4.01. The molecule has 2 N–H and O–H groups in total. The molecule has 3 rings (SSSR count). The first kappa shape index (κ1) is 24.4. The molecule has 33 heavy (non-hydrogen) atoms. The summed E-state index contributed by atoms with van der Waals surface area (Å²) in [5, 5.41) is 15.8. The fourth-order valence-corrected chi connectivity index (χ4v) is 4.64. The first-order valence-corrected chi connectivity index (χ1v) is 11.5. The van der Waals surface area contributed by atoms with E-state index >= 15 is 0 Å². The van der Waals surface area contributed by atoms with Crippen LogP contribution in [0.4, 0.5) is 5.69 Å². The number of nitriles is 1. The Morgan fingerprint density at radius 2 is 1.91 bits per heavy atom. The Morgan fingerprint density at radius 3 is 2.52 bits per heavy atom. The summed E-state index contributed by atoms with van der Waals surface area (Å²) in [6.45, 7) is 2.05. The van der Waals surface area contributed by atoms with Crippen molar-refractivity contribution in [2.75, 3.05) is 18.2 Å². The van der Waals surface area contributed by atoms with E-state index in [-0.39, 0.29) is 22.3 Å². The van der Waals surface area contributed by atoms with Gasteiger partial charge < -0.3 is 15.4 Å². The number of aryl methyl sites for hydroxylation is 1. The molecule has 1 heterocycles. The van der Waals surface area contributed by atoms with Crippen molar-refractivity contribution < 1.29 is 19.1 Å². The van der Waals surface area contributed by atoms with Gasteiger partial charge in [-0.15, -0.1) is 0 Å². The van der Waals surface area contributed by atoms with Gasteiger partial charge in [-0.3, -0.25) is 14.4 Å². The Kier molecular flexibility index (Phi) is 8.15. The fraction of sp³-hybridized carbons (Fsp3) is 0.250. The number of halogens is 1. The van der Waals surface area contributed by atoms with Crippen molar-refractivity contribution >= 4 is 46.8 Å². The number of methoxy groups -OCH3 is 1. The third-order valence-electron chi connectivity index (χ3n) is 5.22. The van der Waals surface area contributed by atoms with E-state index in [4.69, 9.17) is 16.3 Å². The van der Waals surface area contributed by atoms with Crippen molar-refractivity contribution in [3.8, 4) is 6.07 Å². The van der Waals surface area contributed by atoms with Crippen LogP contribution in [-0.2, 0) is 25.5 Å². The zero-order chi connectivity index (χ0) is 24.0. The van der Waals surface area contributed by atoms with Crippen LogP contribution in [0.25, 0.3) is 0 Å². The van der Waals surface area contributed by atoms with Gasteiger partial charge in [0.1, 0.15) is 5.92 Å². The molecule has 0 spiro atoms. The van der Waals surface area contributed by atoms with Crippen LogP contribution in [0.1, 0.15) is 24.0 Å². The molecular weight excluding hydrogens is 462 g/mol. The largest absolute Gasteiger partial charge is 0.468 e. The van der Waals surface area contributed by atoms with Crippen LogP contribution in [0.5, 0.6) is 0 Å². The molecule has 2 aromatic rings. The number of nitrogens with zero attached hydrogens (tertiary/aromatic N) is 1. The summed E-state index contributed by atoms with van der Waals surface area (Å²) >= 11 is 7.35. The lowest BCUT2D eigenvalue weighted by molar-refractivity contribution is -0.150. The van der Waals surface area contributed by atoms with E-state index in [1.54, 1.807) is 24.3 Å². The molecule has 2 aromatic carbocycles. The molecule has 0 saturated heterocycles. The summed E-state index contributed by atoms with van der Waals surface area (Å²) in [6.07, 6.45) is 0.897. The minimum absolute atomic E-state index is 0.0472. The molecule has 0 aromatic heterocycles. The number of thioether (sulfide) groups is 1. The standard InChI is InChI=1S/C24H22ClN3O4S/c1-3-14-8-10-15(11-9-14)27-19(29)13-33-23-17(12-26)20(16-6-4-5-7-18(16)25)21(22(30)28-23)24(31)32-2/h4-11,20-21H,3,13H2,1-2H3,(H,27,29)(H,28,30)/t20-,21+/m1/s1. The van der Waals surface area contributed by atoms with E-state index in [9.17, 15) is 19.6 Å². The summed E-state index contributed by atoms with van der Waals surface area (Å²) in [4.78, 5) is 37.7. The smallest absolute Gasteiger partial charge is 0.319 e. The van der Waals surface area contributed by atoms with Crippen molar-refractivity contribution in [2.45, 2.75) is 19.3 Å². The number of hydrogen-bond donors (Lipinski definition) is 2. The molecule has 9 heteroatoms. The zero-order valence-corrected chi connectivity index (χ0v) is 19.6. The monoisotopic (exact) mass is 483 g/mol. The summed E-state index contributed by atoms with van der Waals surface area (Å²) in [5.41, 5.74) is 2.41. The fourth-order valence-electron chi connectivity index (χ4n) is 3.54. The number of allylic oxidation sites excluding steroid dienone is 1. The Bertz CT molecular complexity index is 1140. The number of benzene rings is 2. The van der Waals surface area contributed by atoms with Crippen molar-refractivity contribution in [2.24, 2.45) is 5.92 Å². The molecule has 170 valence electrons. The molecule has 2 amide bonds. The van der Waals surface area contributed by atoms with Gasteiger partial charge in [-0.1, -0.05) is 60.6 Å². The second-order valence-corrected chi connectivity index (χ2v) is 8.62. The Morgan fingerprint density at radius 1 is 1.21 bits per heavy atom. The zero-order valence-electron chi connectivity index (χ0n) is 18.1. The minimum Gasteiger partial charge on any atom is -0.468 e. The second-order valence-electron chi connectivity index (χ2n) is 7.23. The molecule has 0 saturated carbocycles. The first-order valence-electron chi connectivity index (χ1n) is 10.2. The molecule has 0 fully saturated rings. The molecule has 2 atom stereocenters. The van der Waals surface area contributed by atoms with Crippen molar-refractivity contribution in [3.05, 3.63) is 75.3 Å². The lowest BCUT2D eigenvalue weighted by Gasteiger charge is -2.31. The second kappa shape index (κ2) is 11.0. The summed E-state index contributed by atoms with van der Waals surface area (Å²) < 4.78 is 4.82.